The van der Waals surface area contributed by atoms with Gasteiger partial charge in [-0.1, -0.05) is 17.7 Å². The van der Waals surface area contributed by atoms with Gasteiger partial charge in [0.15, 0.2) is 11.5 Å². The highest BCUT2D eigenvalue weighted by molar-refractivity contribution is 6.05. The molecule has 0 aliphatic heterocycles. The highest BCUT2D eigenvalue weighted by atomic mass is 19.1. The van der Waals surface area contributed by atoms with Crippen LogP contribution in [-0.2, 0) is 0 Å². The van der Waals surface area contributed by atoms with Crippen molar-refractivity contribution in [1.82, 2.24) is 4.57 Å². The van der Waals surface area contributed by atoms with E-state index < -0.39 is 11.8 Å². The van der Waals surface area contributed by atoms with Crippen LogP contribution in [-0.4, -0.2) is 24.8 Å². The second kappa shape index (κ2) is 8.55. The van der Waals surface area contributed by atoms with Crippen LogP contribution >= 0.6 is 0 Å². The van der Waals surface area contributed by atoms with Gasteiger partial charge in [-0.3, -0.25) is 9.36 Å². The van der Waals surface area contributed by atoms with E-state index in [1.54, 1.807) is 18.2 Å². The summed E-state index contributed by atoms with van der Waals surface area (Å²) >= 11 is 0. The van der Waals surface area contributed by atoms with Crippen LogP contribution < -0.4 is 19.8 Å². The Morgan fingerprint density at radius 2 is 1.47 bits per heavy atom. The summed E-state index contributed by atoms with van der Waals surface area (Å²) in [4.78, 5) is 26.4. The number of rotatable bonds is 5. The van der Waals surface area contributed by atoms with Gasteiger partial charge in [-0.25, -0.2) is 9.18 Å². The number of benzene rings is 3. The van der Waals surface area contributed by atoms with Crippen LogP contribution in [0.2, 0.25) is 0 Å². The van der Waals surface area contributed by atoms with Crippen LogP contribution in [0.15, 0.2) is 71.7 Å². The molecule has 4 rings (SSSR count). The van der Waals surface area contributed by atoms with Crippen molar-refractivity contribution < 1.29 is 23.4 Å². The fourth-order valence-corrected chi connectivity index (χ4v) is 3.39. The van der Waals surface area contributed by atoms with Crippen LogP contribution in [0.5, 0.6) is 17.2 Å². The lowest BCUT2D eigenvalue weighted by molar-refractivity contribution is 0.0736. The average molecular weight is 433 g/mol. The van der Waals surface area contributed by atoms with Gasteiger partial charge < -0.3 is 14.2 Å². The molecule has 4 aromatic rings. The maximum Gasteiger partial charge on any atom is 0.345 e. The minimum Gasteiger partial charge on any atom is -0.493 e. The van der Waals surface area contributed by atoms with Crippen LogP contribution in [0, 0.1) is 12.7 Å². The Bertz CT molecular complexity index is 1360. The molecule has 0 bridgehead atoms. The largest absolute Gasteiger partial charge is 0.493 e. The van der Waals surface area contributed by atoms with Crippen molar-refractivity contribution in [2.24, 2.45) is 0 Å². The topological polar surface area (TPSA) is 66.8 Å². The zero-order chi connectivity index (χ0) is 22.8. The molecule has 0 aliphatic rings. The van der Waals surface area contributed by atoms with Crippen molar-refractivity contribution in [1.29, 1.82) is 0 Å². The van der Waals surface area contributed by atoms with E-state index in [2.05, 4.69) is 0 Å². The molecule has 1 aromatic heterocycles. The molecule has 0 saturated carbocycles. The number of fused-ring (bicyclic) bond motifs is 1. The third-order valence-electron chi connectivity index (χ3n) is 5.08. The number of aromatic nitrogens is 1. The summed E-state index contributed by atoms with van der Waals surface area (Å²) in [6, 6.07) is 15.5. The Hall–Kier alpha value is -4.13. The van der Waals surface area contributed by atoms with Gasteiger partial charge in [0.25, 0.3) is 5.56 Å². The maximum absolute atomic E-state index is 13.3. The molecule has 0 fully saturated rings. The lowest BCUT2D eigenvalue weighted by Gasteiger charge is -2.15. The first-order valence-corrected chi connectivity index (χ1v) is 9.77. The van der Waals surface area contributed by atoms with Crippen molar-refractivity contribution in [3.05, 3.63) is 94.2 Å². The maximum atomic E-state index is 13.3. The van der Waals surface area contributed by atoms with Gasteiger partial charge in [0.1, 0.15) is 11.6 Å². The lowest BCUT2D eigenvalue weighted by Crippen LogP contribution is -2.22. The normalized spacial score (nSPS) is 10.8. The molecule has 0 N–H and O–H groups in total. The summed E-state index contributed by atoms with van der Waals surface area (Å²) in [5.74, 6) is -0.243. The first kappa shape index (κ1) is 21.1. The van der Waals surface area contributed by atoms with Gasteiger partial charge in [0, 0.05) is 17.3 Å². The highest BCUT2D eigenvalue weighted by Crippen LogP contribution is 2.33. The smallest absolute Gasteiger partial charge is 0.345 e. The minimum absolute atomic E-state index is 0.144. The molecule has 0 amide bonds. The second-order valence-electron chi connectivity index (χ2n) is 7.15. The number of carbonyl (C=O) groups is 1. The summed E-state index contributed by atoms with van der Waals surface area (Å²) in [5.41, 5.74) is 1.44. The van der Waals surface area contributed by atoms with E-state index in [1.165, 1.54) is 55.3 Å². The Morgan fingerprint density at radius 3 is 2.06 bits per heavy atom. The molecule has 3 aromatic carbocycles. The van der Waals surface area contributed by atoms with E-state index in [9.17, 15) is 14.0 Å². The van der Waals surface area contributed by atoms with Crippen LogP contribution in [0.4, 0.5) is 4.39 Å². The number of ether oxygens (including phenoxy) is 3. The molecule has 32 heavy (non-hydrogen) atoms. The van der Waals surface area contributed by atoms with Gasteiger partial charge in [0.05, 0.1) is 25.2 Å². The molecule has 1 heterocycles. The number of hydrogen-bond donors (Lipinski definition) is 0. The van der Waals surface area contributed by atoms with Gasteiger partial charge in [0.2, 0.25) is 0 Å². The zero-order valence-electron chi connectivity index (χ0n) is 17.7. The number of aryl methyl sites for hydroxylation is 1. The van der Waals surface area contributed by atoms with Gasteiger partial charge in [-0.2, -0.15) is 0 Å². The number of nitrogens with zero attached hydrogens (tertiary/aromatic N) is 1. The van der Waals surface area contributed by atoms with Gasteiger partial charge >= 0.3 is 5.97 Å². The molecule has 0 saturated heterocycles. The van der Waals surface area contributed by atoms with Crippen molar-refractivity contribution >= 4 is 16.7 Å². The van der Waals surface area contributed by atoms with E-state index >= 15 is 0 Å². The first-order valence-electron chi connectivity index (χ1n) is 9.77. The number of halogens is 1. The lowest BCUT2D eigenvalue weighted by atomic mass is 10.1. The standard InChI is InChI=1S/C25H20FNO5/c1-15-4-8-17(9-5-15)27-14-21(25(29)32-18-10-6-16(26)7-11-18)19-12-22(30-2)23(31-3)13-20(19)24(27)28/h4-14H,1-3H3. The molecule has 162 valence electrons. The monoisotopic (exact) mass is 433 g/mol. The van der Waals surface area contributed by atoms with E-state index in [0.29, 0.717) is 22.6 Å². The average Bonchev–Trinajstić information content (AvgIpc) is 2.80. The number of methoxy groups -OCH3 is 2. The summed E-state index contributed by atoms with van der Waals surface area (Å²) < 4.78 is 30.7. The molecular formula is C25H20FNO5. The summed E-state index contributed by atoms with van der Waals surface area (Å²) in [7, 11) is 2.93. The second-order valence-corrected chi connectivity index (χ2v) is 7.15. The van der Waals surface area contributed by atoms with Gasteiger partial charge in [-0.15, -0.1) is 0 Å². The van der Waals surface area contributed by atoms with Gasteiger partial charge in [-0.05, 0) is 55.5 Å². The Balaban J connectivity index is 1.95. The number of hydrogen-bond acceptors (Lipinski definition) is 5. The highest BCUT2D eigenvalue weighted by Gasteiger charge is 2.20. The third kappa shape index (κ3) is 3.92. The van der Waals surface area contributed by atoms with Crippen molar-refractivity contribution in [3.8, 4) is 22.9 Å². The molecule has 0 unspecified atom stereocenters. The molecule has 0 radical (unpaired) electrons. The Labute approximate surface area is 183 Å². The summed E-state index contributed by atoms with van der Waals surface area (Å²) in [5, 5.41) is 0.611. The number of carbonyl (C=O) groups excluding carboxylic acids is 1. The molecule has 0 aliphatic carbocycles. The van der Waals surface area contributed by atoms with E-state index in [1.807, 2.05) is 19.1 Å². The summed E-state index contributed by atoms with van der Waals surface area (Å²) in [6.07, 6.45) is 1.44. The quantitative estimate of drug-likeness (QED) is 0.338. The first-order chi connectivity index (χ1) is 15.4. The number of pyridine rings is 1. The van der Waals surface area contributed by atoms with Crippen LogP contribution in [0.1, 0.15) is 15.9 Å². The fourth-order valence-electron chi connectivity index (χ4n) is 3.39. The third-order valence-corrected chi connectivity index (χ3v) is 5.08. The number of esters is 1. The van der Waals surface area contributed by atoms with Crippen molar-refractivity contribution in [2.45, 2.75) is 6.92 Å². The molecule has 7 heteroatoms. The van der Waals surface area contributed by atoms with E-state index in [4.69, 9.17) is 14.2 Å². The molecule has 0 spiro atoms. The molecular weight excluding hydrogens is 413 g/mol. The molecule has 0 atom stereocenters. The zero-order valence-corrected chi connectivity index (χ0v) is 17.7. The van der Waals surface area contributed by atoms with E-state index in [-0.39, 0.29) is 22.3 Å². The minimum atomic E-state index is -0.699. The summed E-state index contributed by atoms with van der Waals surface area (Å²) in [6.45, 7) is 1.94. The SMILES string of the molecule is COc1cc2c(C(=O)Oc3ccc(F)cc3)cn(-c3ccc(C)cc3)c(=O)c2cc1OC. The Kier molecular flexibility index (Phi) is 5.64. The predicted octanol–water partition coefficient (Wildman–Crippen LogP) is 4.67. The van der Waals surface area contributed by atoms with Crippen molar-refractivity contribution in [3.63, 3.8) is 0 Å². The van der Waals surface area contributed by atoms with E-state index in [0.717, 1.165) is 5.56 Å². The predicted molar refractivity (Wildman–Crippen MR) is 119 cm³/mol. The van der Waals surface area contributed by atoms with Crippen LogP contribution in [0.3, 0.4) is 0 Å². The molecule has 6 nitrogen and oxygen atoms in total. The van der Waals surface area contributed by atoms with Crippen molar-refractivity contribution in [2.75, 3.05) is 14.2 Å². The fraction of sp³-hybridized carbons (Fsp3) is 0.120. The Morgan fingerprint density at radius 1 is 0.875 bits per heavy atom. The van der Waals surface area contributed by atoms with Crippen LogP contribution in [0.25, 0.3) is 16.5 Å².